The Morgan fingerprint density at radius 2 is 2.00 bits per heavy atom. The van der Waals surface area contributed by atoms with Crippen molar-refractivity contribution in [1.29, 1.82) is 0 Å². The lowest BCUT2D eigenvalue weighted by Gasteiger charge is -2.25. The highest BCUT2D eigenvalue weighted by molar-refractivity contribution is 5.78. The van der Waals surface area contributed by atoms with Crippen molar-refractivity contribution in [2.75, 3.05) is 6.61 Å². The highest BCUT2D eigenvalue weighted by Crippen LogP contribution is 2.28. The van der Waals surface area contributed by atoms with Crippen LogP contribution in [0, 0.1) is 12.8 Å². The van der Waals surface area contributed by atoms with Gasteiger partial charge in [0.25, 0.3) is 0 Å². The normalized spacial score (nSPS) is 16.1. The number of hydrogen-bond donors (Lipinski definition) is 2. The second kappa shape index (κ2) is 7.36. The molecule has 0 amide bonds. The van der Waals surface area contributed by atoms with Crippen LogP contribution >= 0.6 is 0 Å². The summed E-state index contributed by atoms with van der Waals surface area (Å²) >= 11 is 0. The molecular formula is C17H24O3. The van der Waals surface area contributed by atoms with Gasteiger partial charge in [0.1, 0.15) is 5.78 Å². The van der Waals surface area contributed by atoms with Gasteiger partial charge in [-0.1, -0.05) is 49.8 Å². The Kier molecular flexibility index (Phi) is 6.11. The van der Waals surface area contributed by atoms with Crippen LogP contribution in [0.4, 0.5) is 0 Å². The molecule has 0 aromatic heterocycles. The van der Waals surface area contributed by atoms with E-state index in [1.807, 2.05) is 38.1 Å². The molecule has 20 heavy (non-hydrogen) atoms. The van der Waals surface area contributed by atoms with Crippen molar-refractivity contribution in [3.05, 3.63) is 41.0 Å². The van der Waals surface area contributed by atoms with Crippen molar-refractivity contribution in [1.82, 2.24) is 0 Å². The van der Waals surface area contributed by atoms with Gasteiger partial charge in [-0.05, 0) is 25.0 Å². The zero-order chi connectivity index (χ0) is 15.3. The van der Waals surface area contributed by atoms with Gasteiger partial charge in [-0.3, -0.25) is 4.79 Å². The standard InChI is InChI=1S/C17H24O3/c1-11-7-8-16(15(10-11)6-5-9-18)13(3)17(20)12(2)14(4)19/h5-8,10,12-13,17-18,20H,9H2,1-4H3/b6-5+/t12-,13-,17-/m1/s1. The van der Waals surface area contributed by atoms with Crippen LogP contribution < -0.4 is 0 Å². The molecule has 0 aliphatic carbocycles. The lowest BCUT2D eigenvalue weighted by molar-refractivity contribution is -0.123. The van der Waals surface area contributed by atoms with Crippen LogP contribution in [0.2, 0.25) is 0 Å². The van der Waals surface area contributed by atoms with E-state index < -0.39 is 6.10 Å². The predicted molar refractivity (Wildman–Crippen MR) is 81.6 cm³/mol. The van der Waals surface area contributed by atoms with Gasteiger partial charge in [0.2, 0.25) is 0 Å². The molecule has 1 aromatic rings. The van der Waals surface area contributed by atoms with E-state index in [2.05, 4.69) is 0 Å². The Bertz CT molecular complexity index is 491. The molecular weight excluding hydrogens is 252 g/mol. The number of hydrogen-bond acceptors (Lipinski definition) is 3. The maximum absolute atomic E-state index is 11.4. The fraction of sp³-hybridized carbons (Fsp3) is 0.471. The lowest BCUT2D eigenvalue weighted by atomic mass is 9.83. The Hall–Kier alpha value is -1.45. The molecule has 0 aliphatic heterocycles. The number of benzene rings is 1. The second-order valence-corrected chi connectivity index (χ2v) is 5.40. The van der Waals surface area contributed by atoms with E-state index in [0.717, 1.165) is 16.7 Å². The molecule has 0 spiro atoms. The third-order valence-corrected chi connectivity index (χ3v) is 3.80. The SMILES string of the molecule is CC(=O)[C@@H](C)[C@@H](O)[C@H](C)c1ccc(C)cc1/C=C/CO. The zero-order valence-corrected chi connectivity index (χ0v) is 12.6. The van der Waals surface area contributed by atoms with Crippen molar-refractivity contribution < 1.29 is 15.0 Å². The number of carbonyl (C=O) groups excluding carboxylic acids is 1. The van der Waals surface area contributed by atoms with E-state index in [4.69, 9.17) is 5.11 Å². The third-order valence-electron chi connectivity index (χ3n) is 3.80. The minimum absolute atomic E-state index is 0.0103. The van der Waals surface area contributed by atoms with Crippen LogP contribution in [0.3, 0.4) is 0 Å². The smallest absolute Gasteiger partial charge is 0.135 e. The number of aliphatic hydroxyl groups excluding tert-OH is 2. The van der Waals surface area contributed by atoms with Crippen molar-refractivity contribution in [2.24, 2.45) is 5.92 Å². The summed E-state index contributed by atoms with van der Waals surface area (Å²) in [5, 5.41) is 19.3. The van der Waals surface area contributed by atoms with Crippen LogP contribution in [-0.2, 0) is 4.79 Å². The minimum Gasteiger partial charge on any atom is -0.392 e. The summed E-state index contributed by atoms with van der Waals surface area (Å²) in [5.41, 5.74) is 3.08. The Labute approximate surface area is 121 Å². The van der Waals surface area contributed by atoms with E-state index in [-0.39, 0.29) is 24.2 Å². The van der Waals surface area contributed by atoms with Crippen molar-refractivity contribution in [3.8, 4) is 0 Å². The molecule has 1 aromatic carbocycles. The van der Waals surface area contributed by atoms with Crippen LogP contribution in [0.15, 0.2) is 24.3 Å². The fourth-order valence-electron chi connectivity index (χ4n) is 2.29. The lowest BCUT2D eigenvalue weighted by Crippen LogP contribution is -2.29. The molecule has 3 heteroatoms. The Balaban J connectivity index is 3.11. The molecule has 0 unspecified atom stereocenters. The summed E-state index contributed by atoms with van der Waals surface area (Å²) in [6.07, 6.45) is 2.81. The summed E-state index contributed by atoms with van der Waals surface area (Å²) < 4.78 is 0. The summed E-state index contributed by atoms with van der Waals surface area (Å²) in [6, 6.07) is 5.99. The van der Waals surface area contributed by atoms with Gasteiger partial charge in [-0.2, -0.15) is 0 Å². The number of ketones is 1. The maximum atomic E-state index is 11.4. The number of rotatable bonds is 6. The first-order valence-corrected chi connectivity index (χ1v) is 6.95. The van der Waals surface area contributed by atoms with Gasteiger partial charge in [0.05, 0.1) is 12.7 Å². The van der Waals surface area contributed by atoms with E-state index >= 15 is 0 Å². The van der Waals surface area contributed by atoms with Gasteiger partial charge in [0, 0.05) is 11.8 Å². The average molecular weight is 276 g/mol. The summed E-state index contributed by atoms with van der Waals surface area (Å²) in [4.78, 5) is 11.4. The maximum Gasteiger partial charge on any atom is 0.135 e. The van der Waals surface area contributed by atoms with Gasteiger partial charge < -0.3 is 10.2 Å². The molecule has 0 heterocycles. The van der Waals surface area contributed by atoms with Crippen LogP contribution in [0.25, 0.3) is 6.08 Å². The number of Topliss-reactive ketones (excluding diaryl/α,β-unsaturated/α-hetero) is 1. The molecule has 0 radical (unpaired) electrons. The average Bonchev–Trinajstić information content (AvgIpc) is 2.42. The second-order valence-electron chi connectivity index (χ2n) is 5.40. The largest absolute Gasteiger partial charge is 0.392 e. The third kappa shape index (κ3) is 4.02. The first-order valence-electron chi connectivity index (χ1n) is 6.95. The molecule has 0 aliphatic rings. The Morgan fingerprint density at radius 3 is 2.55 bits per heavy atom. The van der Waals surface area contributed by atoms with E-state index in [1.54, 1.807) is 13.0 Å². The highest BCUT2D eigenvalue weighted by atomic mass is 16.3. The molecule has 3 atom stereocenters. The van der Waals surface area contributed by atoms with Gasteiger partial charge in [0.15, 0.2) is 0 Å². The molecule has 110 valence electrons. The van der Waals surface area contributed by atoms with Crippen molar-refractivity contribution >= 4 is 11.9 Å². The van der Waals surface area contributed by atoms with Crippen molar-refractivity contribution in [2.45, 2.75) is 39.7 Å². The number of aliphatic hydroxyl groups is 2. The molecule has 0 saturated carbocycles. The monoisotopic (exact) mass is 276 g/mol. The van der Waals surface area contributed by atoms with Crippen LogP contribution in [-0.4, -0.2) is 28.7 Å². The highest BCUT2D eigenvalue weighted by Gasteiger charge is 2.26. The molecule has 0 fully saturated rings. The van der Waals surface area contributed by atoms with E-state index in [0.29, 0.717) is 0 Å². The van der Waals surface area contributed by atoms with Gasteiger partial charge in [-0.15, -0.1) is 0 Å². The molecule has 0 bridgehead atoms. The summed E-state index contributed by atoms with van der Waals surface area (Å²) in [5.74, 6) is -0.544. The molecule has 2 N–H and O–H groups in total. The van der Waals surface area contributed by atoms with Gasteiger partial charge >= 0.3 is 0 Å². The first-order chi connectivity index (χ1) is 9.38. The van der Waals surface area contributed by atoms with Crippen LogP contribution in [0.1, 0.15) is 43.4 Å². The fourth-order valence-corrected chi connectivity index (χ4v) is 2.29. The number of aryl methyl sites for hydroxylation is 1. The summed E-state index contributed by atoms with van der Waals surface area (Å²) in [7, 11) is 0. The van der Waals surface area contributed by atoms with E-state index in [1.165, 1.54) is 6.92 Å². The molecule has 3 nitrogen and oxygen atoms in total. The van der Waals surface area contributed by atoms with Crippen molar-refractivity contribution in [3.63, 3.8) is 0 Å². The first kappa shape index (κ1) is 16.6. The topological polar surface area (TPSA) is 57.5 Å². The predicted octanol–water partition coefficient (Wildman–Crippen LogP) is 2.69. The van der Waals surface area contributed by atoms with Crippen LogP contribution in [0.5, 0.6) is 0 Å². The Morgan fingerprint density at radius 1 is 1.35 bits per heavy atom. The van der Waals surface area contributed by atoms with E-state index in [9.17, 15) is 9.90 Å². The minimum atomic E-state index is -0.712. The number of carbonyl (C=O) groups is 1. The van der Waals surface area contributed by atoms with Gasteiger partial charge in [-0.25, -0.2) is 0 Å². The quantitative estimate of drug-likeness (QED) is 0.840. The molecule has 1 rings (SSSR count). The summed E-state index contributed by atoms with van der Waals surface area (Å²) in [6.45, 7) is 7.15. The zero-order valence-electron chi connectivity index (χ0n) is 12.6. The molecule has 0 saturated heterocycles.